The summed E-state index contributed by atoms with van der Waals surface area (Å²) < 4.78 is 5.86. The van der Waals surface area contributed by atoms with Crippen molar-refractivity contribution in [1.29, 1.82) is 0 Å². The van der Waals surface area contributed by atoms with Crippen molar-refractivity contribution >= 4 is 0 Å². The summed E-state index contributed by atoms with van der Waals surface area (Å²) in [4.78, 5) is 2.67. The topological polar surface area (TPSA) is 24.5 Å². The van der Waals surface area contributed by atoms with Crippen LogP contribution >= 0.6 is 0 Å². The van der Waals surface area contributed by atoms with Crippen LogP contribution in [0, 0.1) is 5.41 Å². The van der Waals surface area contributed by atoms with Gasteiger partial charge in [0.15, 0.2) is 0 Å². The summed E-state index contributed by atoms with van der Waals surface area (Å²) in [5.41, 5.74) is 0.305. The number of hydrogen-bond acceptors (Lipinski definition) is 3. The van der Waals surface area contributed by atoms with E-state index in [-0.39, 0.29) is 0 Å². The fraction of sp³-hybridized carbons (Fsp3) is 1.00. The van der Waals surface area contributed by atoms with Crippen LogP contribution in [-0.4, -0.2) is 49.8 Å². The van der Waals surface area contributed by atoms with E-state index in [0.717, 1.165) is 19.8 Å². The Morgan fingerprint density at radius 3 is 2.48 bits per heavy atom. The van der Waals surface area contributed by atoms with Crippen LogP contribution in [0.3, 0.4) is 0 Å². The van der Waals surface area contributed by atoms with Gasteiger partial charge in [0.1, 0.15) is 0 Å². The summed E-state index contributed by atoms with van der Waals surface area (Å²) in [5.74, 6) is 0. The number of rotatable bonds is 10. The molecule has 0 spiro atoms. The van der Waals surface area contributed by atoms with Crippen LogP contribution in [0.15, 0.2) is 0 Å². The Balaban J connectivity index is 2.62. The standard InChI is InChI=1S/C18H38N2O/c1-6-7-8-11-20(17(4)5)14-18(13-19-16(2)3)10-9-12-21-15-18/h16-17,19H,6-15H2,1-5H3. The average molecular weight is 299 g/mol. The second-order valence-electron chi connectivity index (χ2n) is 7.46. The zero-order valence-electron chi connectivity index (χ0n) is 15.1. The van der Waals surface area contributed by atoms with Gasteiger partial charge in [0.05, 0.1) is 6.61 Å². The van der Waals surface area contributed by atoms with E-state index < -0.39 is 0 Å². The SMILES string of the molecule is CCCCCN(CC1(CNC(C)C)CCCOC1)C(C)C. The van der Waals surface area contributed by atoms with Crippen LogP contribution in [0.2, 0.25) is 0 Å². The van der Waals surface area contributed by atoms with Gasteiger partial charge < -0.3 is 15.0 Å². The van der Waals surface area contributed by atoms with Crippen LogP contribution in [0.4, 0.5) is 0 Å². The minimum absolute atomic E-state index is 0.305. The van der Waals surface area contributed by atoms with Gasteiger partial charge in [-0.05, 0) is 39.7 Å². The molecule has 21 heavy (non-hydrogen) atoms. The third kappa shape index (κ3) is 7.12. The van der Waals surface area contributed by atoms with Gasteiger partial charge in [-0.2, -0.15) is 0 Å². The molecule has 1 rings (SSSR count). The van der Waals surface area contributed by atoms with Crippen LogP contribution in [0.1, 0.15) is 66.7 Å². The number of nitrogens with one attached hydrogen (secondary N) is 1. The highest BCUT2D eigenvalue weighted by molar-refractivity contribution is 4.88. The van der Waals surface area contributed by atoms with Crippen molar-refractivity contribution in [2.45, 2.75) is 78.8 Å². The van der Waals surface area contributed by atoms with Crippen LogP contribution in [0.25, 0.3) is 0 Å². The zero-order chi connectivity index (χ0) is 15.7. The maximum atomic E-state index is 5.86. The van der Waals surface area contributed by atoms with Gasteiger partial charge in [0, 0.05) is 37.2 Å². The molecule has 1 aliphatic heterocycles. The number of unbranched alkanes of at least 4 members (excludes halogenated alkanes) is 2. The second-order valence-corrected chi connectivity index (χ2v) is 7.46. The third-order valence-corrected chi connectivity index (χ3v) is 4.61. The largest absolute Gasteiger partial charge is 0.381 e. The first kappa shape index (κ1) is 18.9. The fourth-order valence-corrected chi connectivity index (χ4v) is 3.17. The Kier molecular flexibility index (Phi) is 8.84. The zero-order valence-corrected chi connectivity index (χ0v) is 15.1. The summed E-state index contributed by atoms with van der Waals surface area (Å²) in [6.07, 6.45) is 6.47. The van der Waals surface area contributed by atoms with Crippen molar-refractivity contribution < 1.29 is 4.74 Å². The third-order valence-electron chi connectivity index (χ3n) is 4.61. The molecule has 0 aromatic heterocycles. The molecule has 0 bridgehead atoms. The maximum Gasteiger partial charge on any atom is 0.0546 e. The van der Waals surface area contributed by atoms with Gasteiger partial charge in [0.25, 0.3) is 0 Å². The fourth-order valence-electron chi connectivity index (χ4n) is 3.17. The smallest absolute Gasteiger partial charge is 0.0546 e. The molecule has 0 radical (unpaired) electrons. The molecule has 1 N–H and O–H groups in total. The van der Waals surface area contributed by atoms with Crippen molar-refractivity contribution in [3.05, 3.63) is 0 Å². The lowest BCUT2D eigenvalue weighted by atomic mass is 9.81. The Bertz CT molecular complexity index is 260. The lowest BCUT2D eigenvalue weighted by Crippen LogP contribution is -2.51. The van der Waals surface area contributed by atoms with Crippen molar-refractivity contribution in [3.8, 4) is 0 Å². The van der Waals surface area contributed by atoms with Gasteiger partial charge in [0.2, 0.25) is 0 Å². The maximum absolute atomic E-state index is 5.86. The minimum atomic E-state index is 0.305. The summed E-state index contributed by atoms with van der Waals surface area (Å²) >= 11 is 0. The second kappa shape index (κ2) is 9.81. The molecule has 126 valence electrons. The predicted molar refractivity (Wildman–Crippen MR) is 91.9 cm³/mol. The van der Waals surface area contributed by atoms with E-state index in [4.69, 9.17) is 4.74 Å². The molecule has 0 aliphatic carbocycles. The molecule has 3 heteroatoms. The Labute approximate surface area is 132 Å². The van der Waals surface area contributed by atoms with Crippen molar-refractivity contribution in [1.82, 2.24) is 10.2 Å². The van der Waals surface area contributed by atoms with E-state index >= 15 is 0 Å². The highest BCUT2D eigenvalue weighted by Gasteiger charge is 2.35. The normalized spacial score (nSPS) is 23.4. The van der Waals surface area contributed by atoms with Crippen molar-refractivity contribution in [3.63, 3.8) is 0 Å². The van der Waals surface area contributed by atoms with E-state index in [9.17, 15) is 0 Å². The molecule has 1 unspecified atom stereocenters. The van der Waals surface area contributed by atoms with Gasteiger partial charge in [-0.1, -0.05) is 33.6 Å². The van der Waals surface area contributed by atoms with Crippen molar-refractivity contribution in [2.75, 3.05) is 32.8 Å². The van der Waals surface area contributed by atoms with Crippen LogP contribution < -0.4 is 5.32 Å². The summed E-state index contributed by atoms with van der Waals surface area (Å²) in [6.45, 7) is 16.8. The van der Waals surface area contributed by atoms with Gasteiger partial charge in [-0.15, -0.1) is 0 Å². The number of hydrogen-bond donors (Lipinski definition) is 1. The van der Waals surface area contributed by atoms with Gasteiger partial charge in [-0.3, -0.25) is 0 Å². The first-order chi connectivity index (χ1) is 9.99. The highest BCUT2D eigenvalue weighted by atomic mass is 16.5. The Morgan fingerprint density at radius 1 is 1.19 bits per heavy atom. The minimum Gasteiger partial charge on any atom is -0.381 e. The molecule has 3 nitrogen and oxygen atoms in total. The molecular formula is C18H38N2O. The molecule has 0 saturated carbocycles. The van der Waals surface area contributed by atoms with Crippen LogP contribution in [-0.2, 0) is 4.74 Å². The Morgan fingerprint density at radius 2 is 1.95 bits per heavy atom. The summed E-state index contributed by atoms with van der Waals surface area (Å²) in [6, 6.07) is 1.18. The first-order valence-corrected chi connectivity index (χ1v) is 9.04. The molecule has 1 fully saturated rings. The lowest BCUT2D eigenvalue weighted by molar-refractivity contribution is -0.0318. The molecule has 0 amide bonds. The van der Waals surface area contributed by atoms with Gasteiger partial charge >= 0.3 is 0 Å². The van der Waals surface area contributed by atoms with Crippen LogP contribution in [0.5, 0.6) is 0 Å². The molecule has 1 heterocycles. The van der Waals surface area contributed by atoms with E-state index in [1.807, 2.05) is 0 Å². The molecule has 0 aromatic carbocycles. The molecule has 1 saturated heterocycles. The number of ether oxygens (including phenoxy) is 1. The van der Waals surface area contributed by atoms with Crippen molar-refractivity contribution in [2.24, 2.45) is 5.41 Å². The molecule has 1 atom stereocenters. The van der Waals surface area contributed by atoms with E-state index in [1.54, 1.807) is 0 Å². The average Bonchev–Trinajstić information content (AvgIpc) is 2.45. The quantitative estimate of drug-likeness (QED) is 0.623. The Hall–Kier alpha value is -0.120. The molecular weight excluding hydrogens is 260 g/mol. The monoisotopic (exact) mass is 298 g/mol. The first-order valence-electron chi connectivity index (χ1n) is 9.04. The van der Waals surface area contributed by atoms with Gasteiger partial charge in [-0.25, -0.2) is 0 Å². The number of nitrogens with zero attached hydrogens (tertiary/aromatic N) is 1. The highest BCUT2D eigenvalue weighted by Crippen LogP contribution is 2.30. The molecule has 0 aromatic rings. The predicted octanol–water partition coefficient (Wildman–Crippen LogP) is 3.68. The van der Waals surface area contributed by atoms with E-state index in [1.165, 1.54) is 45.2 Å². The summed E-state index contributed by atoms with van der Waals surface area (Å²) in [5, 5.41) is 3.66. The summed E-state index contributed by atoms with van der Waals surface area (Å²) in [7, 11) is 0. The van der Waals surface area contributed by atoms with E-state index in [0.29, 0.717) is 17.5 Å². The molecule has 1 aliphatic rings. The van der Waals surface area contributed by atoms with E-state index in [2.05, 4.69) is 44.8 Å². The lowest BCUT2D eigenvalue weighted by Gasteiger charge is -2.43.